The van der Waals surface area contributed by atoms with Crippen molar-refractivity contribution in [3.05, 3.63) is 69.3 Å². The highest BCUT2D eigenvalue weighted by Crippen LogP contribution is 2.21. The zero-order valence-electron chi connectivity index (χ0n) is 15.6. The van der Waals surface area contributed by atoms with E-state index < -0.39 is 4.92 Å². The first kappa shape index (κ1) is 18.8. The van der Waals surface area contributed by atoms with Gasteiger partial charge in [0.1, 0.15) is 0 Å². The minimum atomic E-state index is -0.462. The number of hydrogen-bond donors (Lipinski definition) is 0. The maximum atomic E-state index is 12.6. The van der Waals surface area contributed by atoms with Gasteiger partial charge in [-0.1, -0.05) is 18.2 Å². The average Bonchev–Trinajstić information content (AvgIpc) is 2.69. The summed E-state index contributed by atoms with van der Waals surface area (Å²) >= 11 is 0. The van der Waals surface area contributed by atoms with Crippen LogP contribution >= 0.6 is 0 Å². The summed E-state index contributed by atoms with van der Waals surface area (Å²) in [4.78, 5) is 27.1. The lowest BCUT2D eigenvalue weighted by Crippen LogP contribution is -2.36. The highest BCUT2D eigenvalue weighted by Gasteiger charge is 2.18. The molecule has 1 heterocycles. The molecule has 0 saturated carbocycles. The van der Waals surface area contributed by atoms with Gasteiger partial charge in [-0.25, -0.2) is 0 Å². The van der Waals surface area contributed by atoms with E-state index in [2.05, 4.69) is 17.0 Å². The number of carbonyl (C=O) groups excluding carboxylic acids is 1. The van der Waals surface area contributed by atoms with E-state index in [9.17, 15) is 14.9 Å². The number of aryl methyl sites for hydroxylation is 1. The van der Waals surface area contributed by atoms with Crippen LogP contribution in [-0.2, 0) is 11.3 Å². The highest BCUT2D eigenvalue weighted by atomic mass is 16.6. The molecule has 0 N–H and O–H groups in total. The van der Waals surface area contributed by atoms with Gasteiger partial charge in [0.15, 0.2) is 0 Å². The molecule has 0 bridgehead atoms. The van der Waals surface area contributed by atoms with E-state index in [-0.39, 0.29) is 11.6 Å². The summed E-state index contributed by atoms with van der Waals surface area (Å²) in [5.41, 5.74) is 2.97. The Hall–Kier alpha value is -2.93. The number of hydrogen-bond acceptors (Lipinski definition) is 5. The summed E-state index contributed by atoms with van der Waals surface area (Å²) in [5.74, 6) is -0.240. The number of morpholine rings is 1. The molecule has 1 amide bonds. The van der Waals surface area contributed by atoms with Crippen molar-refractivity contribution in [1.29, 1.82) is 0 Å². The molecule has 3 rings (SSSR count). The van der Waals surface area contributed by atoms with Crippen molar-refractivity contribution in [2.45, 2.75) is 13.5 Å². The number of ether oxygens (including phenoxy) is 1. The minimum absolute atomic E-state index is 0.0379. The summed E-state index contributed by atoms with van der Waals surface area (Å²) in [6.45, 7) is 5.33. The van der Waals surface area contributed by atoms with Gasteiger partial charge in [0.2, 0.25) is 0 Å². The molecule has 1 fully saturated rings. The number of rotatable bonds is 5. The lowest BCUT2D eigenvalue weighted by Gasteiger charge is -2.29. The summed E-state index contributed by atoms with van der Waals surface area (Å²) in [6.07, 6.45) is 0. The van der Waals surface area contributed by atoms with Crippen LogP contribution in [0, 0.1) is 17.0 Å². The third kappa shape index (κ3) is 4.43. The maximum Gasteiger partial charge on any atom is 0.273 e. The van der Waals surface area contributed by atoms with E-state index >= 15 is 0 Å². The molecule has 0 aliphatic carbocycles. The van der Waals surface area contributed by atoms with Crippen LogP contribution in [0.4, 0.5) is 11.4 Å². The third-order valence-corrected chi connectivity index (χ3v) is 4.73. The Morgan fingerprint density at radius 1 is 1.19 bits per heavy atom. The molecule has 0 spiro atoms. The van der Waals surface area contributed by atoms with Crippen LogP contribution in [0.3, 0.4) is 0 Å². The molecule has 0 radical (unpaired) electrons. The van der Waals surface area contributed by atoms with Gasteiger partial charge < -0.3 is 14.5 Å². The average molecular weight is 369 g/mol. The van der Waals surface area contributed by atoms with Crippen LogP contribution in [0.25, 0.3) is 0 Å². The third-order valence-electron chi connectivity index (χ3n) is 4.73. The molecule has 27 heavy (non-hydrogen) atoms. The zero-order chi connectivity index (χ0) is 19.4. The smallest absolute Gasteiger partial charge is 0.273 e. The van der Waals surface area contributed by atoms with Crippen molar-refractivity contribution < 1.29 is 14.5 Å². The Labute approximate surface area is 158 Å². The van der Waals surface area contributed by atoms with E-state index in [1.807, 2.05) is 12.1 Å². The lowest BCUT2D eigenvalue weighted by molar-refractivity contribution is -0.385. The Bertz CT molecular complexity index is 830. The van der Waals surface area contributed by atoms with E-state index in [1.54, 1.807) is 31.0 Å². The Morgan fingerprint density at radius 2 is 1.85 bits per heavy atom. The summed E-state index contributed by atoms with van der Waals surface area (Å²) in [6, 6.07) is 12.7. The van der Waals surface area contributed by atoms with Gasteiger partial charge in [-0.15, -0.1) is 0 Å². The molecule has 7 nitrogen and oxygen atoms in total. The Morgan fingerprint density at radius 3 is 2.48 bits per heavy atom. The Kier molecular flexibility index (Phi) is 5.71. The van der Waals surface area contributed by atoms with Gasteiger partial charge in [-0.2, -0.15) is 0 Å². The van der Waals surface area contributed by atoms with E-state index in [1.165, 1.54) is 6.07 Å². The molecule has 0 atom stereocenters. The number of nitrogens with zero attached hydrogens (tertiary/aromatic N) is 3. The zero-order valence-corrected chi connectivity index (χ0v) is 15.6. The fourth-order valence-electron chi connectivity index (χ4n) is 3.14. The van der Waals surface area contributed by atoms with E-state index in [0.29, 0.717) is 17.7 Å². The van der Waals surface area contributed by atoms with Gasteiger partial charge in [0, 0.05) is 49.6 Å². The van der Waals surface area contributed by atoms with Crippen molar-refractivity contribution in [2.75, 3.05) is 38.3 Å². The van der Waals surface area contributed by atoms with Crippen molar-refractivity contribution in [3.63, 3.8) is 0 Å². The topological polar surface area (TPSA) is 75.9 Å². The van der Waals surface area contributed by atoms with Crippen LogP contribution < -0.4 is 4.90 Å². The van der Waals surface area contributed by atoms with Crippen LogP contribution in [0.15, 0.2) is 42.5 Å². The van der Waals surface area contributed by atoms with E-state index in [4.69, 9.17) is 4.74 Å². The van der Waals surface area contributed by atoms with Gasteiger partial charge >= 0.3 is 0 Å². The van der Waals surface area contributed by atoms with Crippen molar-refractivity contribution in [3.8, 4) is 0 Å². The molecule has 7 heteroatoms. The maximum absolute atomic E-state index is 12.6. The molecule has 2 aromatic rings. The van der Waals surface area contributed by atoms with Crippen LogP contribution in [-0.4, -0.2) is 49.1 Å². The predicted octanol–water partition coefficient (Wildman–Crippen LogP) is 3.01. The molecule has 0 aromatic heterocycles. The van der Waals surface area contributed by atoms with E-state index in [0.717, 1.165) is 37.6 Å². The molecular weight excluding hydrogens is 346 g/mol. The number of nitro benzene ring substituents is 1. The fraction of sp³-hybridized carbons (Fsp3) is 0.350. The summed E-state index contributed by atoms with van der Waals surface area (Å²) < 4.78 is 5.37. The van der Waals surface area contributed by atoms with Crippen molar-refractivity contribution in [2.24, 2.45) is 0 Å². The number of carbonyl (C=O) groups is 1. The SMILES string of the molecule is Cc1ccc(C(=O)N(C)Cc2ccc(N3CCOCC3)cc2)cc1[N+](=O)[O-]. The highest BCUT2D eigenvalue weighted by molar-refractivity contribution is 5.94. The lowest BCUT2D eigenvalue weighted by atomic mass is 10.1. The first-order valence-electron chi connectivity index (χ1n) is 8.88. The van der Waals surface area contributed by atoms with Crippen molar-refractivity contribution in [1.82, 2.24) is 4.90 Å². The van der Waals surface area contributed by atoms with Gasteiger partial charge in [-0.05, 0) is 30.7 Å². The normalized spacial score (nSPS) is 14.1. The fourth-order valence-corrected chi connectivity index (χ4v) is 3.14. The minimum Gasteiger partial charge on any atom is -0.378 e. The standard InChI is InChI=1S/C20H23N3O4/c1-15-3-6-17(13-19(15)23(25)26)20(24)21(2)14-16-4-7-18(8-5-16)22-9-11-27-12-10-22/h3-8,13H,9-12,14H2,1-2H3. The molecule has 1 aliphatic heterocycles. The molecule has 1 aliphatic rings. The second-order valence-electron chi connectivity index (χ2n) is 6.69. The quantitative estimate of drug-likeness (QED) is 0.598. The molecule has 1 saturated heterocycles. The molecule has 0 unspecified atom stereocenters. The molecule has 2 aromatic carbocycles. The first-order chi connectivity index (χ1) is 13.0. The largest absolute Gasteiger partial charge is 0.378 e. The number of amides is 1. The molecular formula is C20H23N3O4. The number of nitro groups is 1. The molecule has 142 valence electrons. The van der Waals surface area contributed by atoms with Crippen molar-refractivity contribution >= 4 is 17.3 Å². The number of benzene rings is 2. The predicted molar refractivity (Wildman–Crippen MR) is 103 cm³/mol. The first-order valence-corrected chi connectivity index (χ1v) is 8.88. The van der Waals surface area contributed by atoms with Gasteiger partial charge in [-0.3, -0.25) is 14.9 Å². The Balaban J connectivity index is 1.67. The monoisotopic (exact) mass is 369 g/mol. The van der Waals surface area contributed by atoms with Gasteiger partial charge in [0.25, 0.3) is 11.6 Å². The van der Waals surface area contributed by atoms with Crippen LogP contribution in [0.1, 0.15) is 21.5 Å². The van der Waals surface area contributed by atoms with Crippen LogP contribution in [0.5, 0.6) is 0 Å². The van der Waals surface area contributed by atoms with Crippen LogP contribution in [0.2, 0.25) is 0 Å². The second kappa shape index (κ2) is 8.18. The summed E-state index contributed by atoms with van der Waals surface area (Å²) in [5, 5.41) is 11.1. The second-order valence-corrected chi connectivity index (χ2v) is 6.69. The van der Waals surface area contributed by atoms with Gasteiger partial charge in [0.05, 0.1) is 18.1 Å². The number of anilines is 1. The summed E-state index contributed by atoms with van der Waals surface area (Å²) in [7, 11) is 1.70.